The predicted molar refractivity (Wildman–Crippen MR) is 132 cm³/mol. The van der Waals surface area contributed by atoms with E-state index < -0.39 is 9.85 Å². The minimum Gasteiger partial charge on any atom is -0.494 e. The SMILES string of the molecule is COc1cc([N+](=O)[O-])ccc1N1NC(Cc2ccc(S)cc2S)NN1c1ccc([N+](=O)[O-])cc1. The lowest BCUT2D eigenvalue weighted by atomic mass is 10.1. The van der Waals surface area contributed by atoms with E-state index in [9.17, 15) is 20.2 Å². The molecule has 0 aromatic heterocycles. The van der Waals surface area contributed by atoms with Gasteiger partial charge in [0.05, 0.1) is 28.7 Å². The summed E-state index contributed by atoms with van der Waals surface area (Å²) >= 11 is 8.87. The topological polar surface area (TPSA) is 126 Å². The van der Waals surface area contributed by atoms with Gasteiger partial charge in [0.25, 0.3) is 11.4 Å². The van der Waals surface area contributed by atoms with Crippen LogP contribution in [0.3, 0.4) is 0 Å². The highest BCUT2D eigenvalue weighted by Gasteiger charge is 2.33. The van der Waals surface area contributed by atoms with Crippen molar-refractivity contribution in [2.75, 3.05) is 17.3 Å². The van der Waals surface area contributed by atoms with Gasteiger partial charge in [0.15, 0.2) is 5.75 Å². The Morgan fingerprint density at radius 2 is 1.56 bits per heavy atom. The lowest BCUT2D eigenvalue weighted by Gasteiger charge is -2.30. The van der Waals surface area contributed by atoms with Gasteiger partial charge in [-0.3, -0.25) is 20.2 Å². The van der Waals surface area contributed by atoms with Crippen molar-refractivity contribution in [2.24, 2.45) is 0 Å². The number of methoxy groups -OCH3 is 1. The monoisotopic (exact) mass is 500 g/mol. The quantitative estimate of drug-likeness (QED) is 0.217. The van der Waals surface area contributed by atoms with Gasteiger partial charge < -0.3 is 4.74 Å². The van der Waals surface area contributed by atoms with E-state index in [0.717, 1.165) is 15.4 Å². The Balaban J connectivity index is 1.70. The number of hydrazine groups is 3. The Morgan fingerprint density at radius 3 is 2.18 bits per heavy atom. The summed E-state index contributed by atoms with van der Waals surface area (Å²) in [6, 6.07) is 15.9. The second kappa shape index (κ2) is 9.77. The number of rotatable bonds is 7. The van der Waals surface area contributed by atoms with Crippen molar-refractivity contribution >= 4 is 48.0 Å². The van der Waals surface area contributed by atoms with Crippen molar-refractivity contribution < 1.29 is 14.6 Å². The molecule has 1 heterocycles. The van der Waals surface area contributed by atoms with Gasteiger partial charge in [-0.1, -0.05) is 6.07 Å². The summed E-state index contributed by atoms with van der Waals surface area (Å²) in [6.45, 7) is 0. The molecule has 1 atom stereocenters. The summed E-state index contributed by atoms with van der Waals surface area (Å²) in [5, 5.41) is 25.6. The summed E-state index contributed by atoms with van der Waals surface area (Å²) in [5.74, 6) is 0.269. The summed E-state index contributed by atoms with van der Waals surface area (Å²) in [5.41, 5.74) is 8.54. The van der Waals surface area contributed by atoms with Crippen LogP contribution >= 0.6 is 25.3 Å². The van der Waals surface area contributed by atoms with Crippen molar-refractivity contribution in [1.82, 2.24) is 10.9 Å². The average molecular weight is 501 g/mol. The van der Waals surface area contributed by atoms with E-state index in [0.29, 0.717) is 17.8 Å². The standard InChI is InChI=1S/C21H20N6O5S2/c1-32-19-11-16(27(30)31)7-9-18(19)25-23-21(10-13-2-8-17(33)12-20(13)34)22-24(25)14-3-5-15(6-4-14)26(28)29/h2-9,11-12,21-23,33-34H,10H2,1H3. The molecule has 0 aliphatic carbocycles. The van der Waals surface area contributed by atoms with Gasteiger partial charge in [-0.15, -0.1) is 25.3 Å². The third kappa shape index (κ3) is 4.87. The maximum Gasteiger partial charge on any atom is 0.273 e. The number of nitro benzene ring substituents is 2. The molecule has 1 saturated heterocycles. The van der Waals surface area contributed by atoms with E-state index in [1.165, 1.54) is 31.4 Å². The van der Waals surface area contributed by atoms with Crippen LogP contribution in [0.4, 0.5) is 22.7 Å². The third-order valence-electron chi connectivity index (χ3n) is 5.16. The maximum atomic E-state index is 11.2. The molecular weight excluding hydrogens is 480 g/mol. The Kier molecular flexibility index (Phi) is 6.79. The minimum atomic E-state index is -0.502. The first-order valence-electron chi connectivity index (χ1n) is 9.97. The van der Waals surface area contributed by atoms with Crippen LogP contribution < -0.4 is 25.8 Å². The summed E-state index contributed by atoms with van der Waals surface area (Å²) in [4.78, 5) is 22.9. The maximum absolute atomic E-state index is 11.2. The lowest BCUT2D eigenvalue weighted by molar-refractivity contribution is -0.385. The molecule has 3 aromatic carbocycles. The van der Waals surface area contributed by atoms with Crippen molar-refractivity contribution in [3.8, 4) is 5.75 Å². The first-order chi connectivity index (χ1) is 16.3. The highest BCUT2D eigenvalue weighted by molar-refractivity contribution is 7.81. The third-order valence-corrected chi connectivity index (χ3v) is 5.85. The molecule has 0 amide bonds. The van der Waals surface area contributed by atoms with Crippen LogP contribution in [0.15, 0.2) is 70.5 Å². The molecule has 1 aliphatic rings. The average Bonchev–Trinajstić information content (AvgIpc) is 3.24. The van der Waals surface area contributed by atoms with Crippen LogP contribution in [0.5, 0.6) is 5.75 Å². The van der Waals surface area contributed by atoms with Crippen molar-refractivity contribution in [1.29, 1.82) is 0 Å². The first-order valence-corrected chi connectivity index (χ1v) is 10.9. The largest absolute Gasteiger partial charge is 0.494 e. The van der Waals surface area contributed by atoms with E-state index in [1.807, 2.05) is 18.2 Å². The first kappa shape index (κ1) is 23.6. The summed E-state index contributed by atoms with van der Waals surface area (Å²) in [7, 11) is 1.42. The number of anilines is 2. The molecule has 0 spiro atoms. The molecule has 34 heavy (non-hydrogen) atoms. The highest BCUT2D eigenvalue weighted by atomic mass is 32.1. The number of non-ortho nitro benzene ring substituents is 2. The molecule has 1 aliphatic heterocycles. The fourth-order valence-corrected chi connectivity index (χ4v) is 4.12. The smallest absolute Gasteiger partial charge is 0.273 e. The van der Waals surface area contributed by atoms with Crippen LogP contribution in [0, 0.1) is 20.2 Å². The molecule has 176 valence electrons. The molecule has 0 bridgehead atoms. The number of hydrogen-bond acceptors (Lipinski definition) is 11. The van der Waals surface area contributed by atoms with Gasteiger partial charge in [0, 0.05) is 34.4 Å². The van der Waals surface area contributed by atoms with E-state index in [1.54, 1.807) is 28.4 Å². The zero-order valence-corrected chi connectivity index (χ0v) is 19.6. The van der Waals surface area contributed by atoms with Crippen molar-refractivity contribution in [3.63, 3.8) is 0 Å². The number of hydrogen-bond donors (Lipinski definition) is 4. The number of nitrogens with zero attached hydrogens (tertiary/aromatic N) is 4. The van der Waals surface area contributed by atoms with E-state index >= 15 is 0 Å². The van der Waals surface area contributed by atoms with Crippen molar-refractivity contribution in [3.05, 3.63) is 86.5 Å². The summed E-state index contributed by atoms with van der Waals surface area (Å²) < 4.78 is 5.42. The van der Waals surface area contributed by atoms with Crippen LogP contribution in [-0.2, 0) is 6.42 Å². The summed E-state index contributed by atoms with van der Waals surface area (Å²) in [6.07, 6.45) is 0.217. The Bertz CT molecular complexity index is 1240. The van der Waals surface area contributed by atoms with E-state index in [2.05, 4.69) is 36.1 Å². The fourth-order valence-electron chi connectivity index (χ4n) is 3.51. The number of ether oxygens (including phenoxy) is 1. The Labute approximate surface area is 205 Å². The molecule has 11 nitrogen and oxygen atoms in total. The molecule has 1 unspecified atom stereocenters. The molecule has 13 heteroatoms. The molecule has 0 saturated carbocycles. The lowest BCUT2D eigenvalue weighted by Crippen LogP contribution is -2.45. The molecule has 3 aromatic rings. The van der Waals surface area contributed by atoms with E-state index in [4.69, 9.17) is 4.74 Å². The van der Waals surface area contributed by atoms with Gasteiger partial charge in [-0.2, -0.15) is 16.0 Å². The fraction of sp³-hybridized carbons (Fsp3) is 0.143. The predicted octanol–water partition coefficient (Wildman–Crippen LogP) is 3.91. The molecule has 1 fully saturated rings. The van der Waals surface area contributed by atoms with Gasteiger partial charge >= 0.3 is 0 Å². The Hall–Kier alpha value is -3.52. The normalized spacial score (nSPS) is 15.4. The number of nitrogens with one attached hydrogen (secondary N) is 2. The van der Waals surface area contributed by atoms with Gasteiger partial charge in [0.1, 0.15) is 11.9 Å². The molecule has 4 rings (SSSR count). The minimum absolute atomic E-state index is 0.0431. The van der Waals surface area contributed by atoms with Crippen LogP contribution in [-0.4, -0.2) is 23.1 Å². The number of nitro groups is 2. The van der Waals surface area contributed by atoms with Crippen molar-refractivity contribution in [2.45, 2.75) is 22.4 Å². The van der Waals surface area contributed by atoms with Gasteiger partial charge in [-0.05, 0) is 35.9 Å². The van der Waals surface area contributed by atoms with Gasteiger partial charge in [0.2, 0.25) is 0 Å². The van der Waals surface area contributed by atoms with E-state index in [-0.39, 0.29) is 23.3 Å². The molecule has 0 radical (unpaired) electrons. The zero-order valence-electron chi connectivity index (χ0n) is 17.8. The van der Waals surface area contributed by atoms with Crippen LogP contribution in [0.25, 0.3) is 0 Å². The van der Waals surface area contributed by atoms with Gasteiger partial charge in [-0.25, -0.2) is 5.12 Å². The Morgan fingerprint density at radius 1 is 0.912 bits per heavy atom. The zero-order chi connectivity index (χ0) is 24.4. The highest BCUT2D eigenvalue weighted by Crippen LogP contribution is 2.35. The number of thiol groups is 2. The molecule has 2 N–H and O–H groups in total. The second-order valence-corrected chi connectivity index (χ2v) is 8.34. The van der Waals surface area contributed by atoms with Crippen LogP contribution in [0.1, 0.15) is 5.56 Å². The molecular formula is C21H20N6O5S2. The second-order valence-electron chi connectivity index (χ2n) is 7.34. The van der Waals surface area contributed by atoms with Crippen LogP contribution in [0.2, 0.25) is 0 Å². The number of benzene rings is 3.